The van der Waals surface area contributed by atoms with Crippen molar-refractivity contribution in [3.63, 3.8) is 0 Å². The van der Waals surface area contributed by atoms with Crippen LogP contribution in [0.4, 0.5) is 0 Å². The molecular weight excluding hydrogens is 250 g/mol. The molecule has 20 heavy (non-hydrogen) atoms. The van der Waals surface area contributed by atoms with Gasteiger partial charge in [-0.15, -0.1) is 0 Å². The van der Waals surface area contributed by atoms with Gasteiger partial charge in [-0.1, -0.05) is 44.0 Å². The average molecular weight is 269 g/mol. The molecular formula is C17H19NO2. The second-order valence-corrected chi connectivity index (χ2v) is 5.55. The summed E-state index contributed by atoms with van der Waals surface area (Å²) in [4.78, 5) is 24.3. The average Bonchev–Trinajstić information content (AvgIpc) is 3.07. The van der Waals surface area contributed by atoms with Crippen molar-refractivity contribution in [1.29, 1.82) is 0 Å². The summed E-state index contributed by atoms with van der Waals surface area (Å²) in [6, 6.07) is 7.71. The van der Waals surface area contributed by atoms with Crippen LogP contribution in [0.5, 0.6) is 0 Å². The highest BCUT2D eigenvalue weighted by Gasteiger charge is 2.35. The van der Waals surface area contributed by atoms with Gasteiger partial charge in [0.25, 0.3) is 0 Å². The quantitative estimate of drug-likeness (QED) is 0.915. The summed E-state index contributed by atoms with van der Waals surface area (Å²) in [5.74, 6) is 0.302. The van der Waals surface area contributed by atoms with Crippen molar-refractivity contribution >= 4 is 17.3 Å². The Morgan fingerprint density at radius 2 is 1.85 bits per heavy atom. The molecule has 2 aliphatic rings. The van der Waals surface area contributed by atoms with E-state index < -0.39 is 0 Å². The first-order chi connectivity index (χ1) is 9.72. The fourth-order valence-electron chi connectivity index (χ4n) is 3.30. The van der Waals surface area contributed by atoms with Crippen LogP contribution in [0, 0.1) is 5.92 Å². The van der Waals surface area contributed by atoms with Gasteiger partial charge in [0.2, 0.25) is 11.7 Å². The van der Waals surface area contributed by atoms with Gasteiger partial charge in [0.15, 0.2) is 0 Å². The molecule has 0 saturated heterocycles. The zero-order valence-electron chi connectivity index (χ0n) is 11.7. The molecule has 0 aliphatic heterocycles. The Hall–Kier alpha value is -1.90. The molecule has 3 rings (SSSR count). The lowest BCUT2D eigenvalue weighted by Gasteiger charge is -2.15. The molecule has 0 spiro atoms. The van der Waals surface area contributed by atoms with Crippen molar-refractivity contribution in [2.24, 2.45) is 5.92 Å². The number of fused-ring (bicyclic) bond motifs is 1. The molecule has 3 heteroatoms. The fraction of sp³-hybridized carbons (Fsp3) is 0.412. The predicted molar refractivity (Wildman–Crippen MR) is 78.1 cm³/mol. The van der Waals surface area contributed by atoms with E-state index in [4.69, 9.17) is 0 Å². The van der Waals surface area contributed by atoms with Gasteiger partial charge in [0, 0.05) is 12.0 Å². The molecule has 1 aromatic carbocycles. The van der Waals surface area contributed by atoms with Crippen molar-refractivity contribution in [1.82, 2.24) is 5.32 Å². The van der Waals surface area contributed by atoms with E-state index in [1.54, 1.807) is 6.92 Å². The van der Waals surface area contributed by atoms with Crippen molar-refractivity contribution < 1.29 is 9.59 Å². The zero-order valence-corrected chi connectivity index (χ0v) is 11.7. The topological polar surface area (TPSA) is 46.2 Å². The van der Waals surface area contributed by atoms with Gasteiger partial charge in [0.05, 0.1) is 5.70 Å². The normalized spacial score (nSPS) is 18.6. The van der Waals surface area contributed by atoms with E-state index in [0.717, 1.165) is 29.5 Å². The van der Waals surface area contributed by atoms with Crippen molar-refractivity contribution in [3.05, 3.63) is 41.1 Å². The van der Waals surface area contributed by atoms with Gasteiger partial charge < -0.3 is 5.32 Å². The van der Waals surface area contributed by atoms with E-state index in [0.29, 0.717) is 18.0 Å². The molecule has 1 N–H and O–H groups in total. The number of hydrogen-bond acceptors (Lipinski definition) is 2. The van der Waals surface area contributed by atoms with Crippen LogP contribution in [0.25, 0.3) is 5.57 Å². The maximum absolute atomic E-state index is 12.5. The molecule has 104 valence electrons. The van der Waals surface area contributed by atoms with Crippen LogP contribution in [0.15, 0.2) is 30.0 Å². The summed E-state index contributed by atoms with van der Waals surface area (Å²) in [5.41, 5.74) is 3.37. The van der Waals surface area contributed by atoms with Crippen LogP contribution in [0.2, 0.25) is 0 Å². The van der Waals surface area contributed by atoms with Crippen LogP contribution >= 0.6 is 0 Å². The van der Waals surface area contributed by atoms with Crippen LogP contribution < -0.4 is 5.32 Å². The highest BCUT2D eigenvalue weighted by Crippen LogP contribution is 2.43. The Labute approximate surface area is 119 Å². The Bertz CT molecular complexity index is 595. The Morgan fingerprint density at radius 3 is 2.50 bits per heavy atom. The Kier molecular flexibility index (Phi) is 3.43. The van der Waals surface area contributed by atoms with Gasteiger partial charge in [-0.2, -0.15) is 0 Å². The maximum Gasteiger partial charge on any atom is 0.224 e. The van der Waals surface area contributed by atoms with E-state index in [1.165, 1.54) is 12.8 Å². The molecule has 0 bridgehead atoms. The second-order valence-electron chi connectivity index (χ2n) is 5.55. The van der Waals surface area contributed by atoms with Gasteiger partial charge >= 0.3 is 0 Å². The lowest BCUT2D eigenvalue weighted by Crippen LogP contribution is -2.26. The molecule has 0 aromatic heterocycles. The van der Waals surface area contributed by atoms with E-state index in [-0.39, 0.29) is 11.7 Å². The highest BCUT2D eigenvalue weighted by atomic mass is 16.2. The molecule has 0 atom stereocenters. The molecule has 0 unspecified atom stereocenters. The molecule has 3 nitrogen and oxygen atoms in total. The minimum Gasteiger partial charge on any atom is -0.323 e. The number of Topliss-reactive ketones (excluding diaryl/α,β-unsaturated/α-hetero) is 1. The minimum absolute atomic E-state index is 0.0238. The number of rotatable bonds is 3. The Balaban J connectivity index is 2.07. The summed E-state index contributed by atoms with van der Waals surface area (Å²) in [7, 11) is 0. The van der Waals surface area contributed by atoms with Crippen molar-refractivity contribution in [2.75, 3.05) is 0 Å². The number of nitrogens with one attached hydrogen (secondary N) is 1. The van der Waals surface area contributed by atoms with Crippen molar-refractivity contribution in [3.8, 4) is 0 Å². The third-order valence-corrected chi connectivity index (χ3v) is 4.31. The molecule has 1 fully saturated rings. The number of allylic oxidation sites excluding steroid dienone is 2. The smallest absolute Gasteiger partial charge is 0.224 e. The van der Waals surface area contributed by atoms with Gasteiger partial charge in [0.1, 0.15) is 0 Å². The summed E-state index contributed by atoms with van der Waals surface area (Å²) < 4.78 is 0. The first-order valence-electron chi connectivity index (χ1n) is 7.40. The minimum atomic E-state index is -0.0864. The predicted octanol–water partition coefficient (Wildman–Crippen LogP) is 3.31. The molecule has 1 aromatic rings. The van der Waals surface area contributed by atoms with E-state index in [2.05, 4.69) is 5.32 Å². The lowest BCUT2D eigenvalue weighted by molar-refractivity contribution is -0.120. The maximum atomic E-state index is 12.5. The lowest BCUT2D eigenvalue weighted by atomic mass is 9.92. The zero-order chi connectivity index (χ0) is 14.1. The highest BCUT2D eigenvalue weighted by molar-refractivity contribution is 6.21. The number of hydrogen-bond donors (Lipinski definition) is 1. The van der Waals surface area contributed by atoms with Crippen LogP contribution in [0.1, 0.15) is 54.9 Å². The van der Waals surface area contributed by atoms with Crippen molar-refractivity contribution in [2.45, 2.75) is 39.0 Å². The molecule has 1 saturated carbocycles. The van der Waals surface area contributed by atoms with E-state index in [1.807, 2.05) is 24.3 Å². The number of amides is 1. The SMILES string of the molecule is CCC(=O)NC1=C(C2CCCC2)c2ccccc2C1=O. The van der Waals surface area contributed by atoms with Gasteiger partial charge in [-0.25, -0.2) is 0 Å². The second kappa shape index (κ2) is 5.23. The molecule has 2 aliphatic carbocycles. The number of carbonyl (C=O) groups excluding carboxylic acids is 2. The number of benzene rings is 1. The van der Waals surface area contributed by atoms with Crippen LogP contribution in [0.3, 0.4) is 0 Å². The summed E-state index contributed by atoms with van der Waals surface area (Å²) in [6.45, 7) is 1.80. The number of ketones is 1. The third kappa shape index (κ3) is 2.07. The first-order valence-corrected chi connectivity index (χ1v) is 7.40. The summed E-state index contributed by atoms with van der Waals surface area (Å²) in [5, 5.41) is 2.84. The largest absolute Gasteiger partial charge is 0.323 e. The summed E-state index contributed by atoms with van der Waals surface area (Å²) in [6.07, 6.45) is 5.04. The van der Waals surface area contributed by atoms with Gasteiger partial charge in [-0.05, 0) is 29.9 Å². The first kappa shape index (κ1) is 13.1. The van der Waals surface area contributed by atoms with Crippen LogP contribution in [-0.2, 0) is 4.79 Å². The van der Waals surface area contributed by atoms with Crippen LogP contribution in [-0.4, -0.2) is 11.7 Å². The Morgan fingerprint density at radius 1 is 1.20 bits per heavy atom. The molecule has 0 radical (unpaired) electrons. The number of carbonyl (C=O) groups is 2. The standard InChI is InChI=1S/C17H19NO2/c1-2-14(19)18-16-15(11-7-3-4-8-11)12-9-5-6-10-13(12)17(16)20/h5-6,9-11H,2-4,7-8H2,1H3,(H,18,19,20). The fourth-order valence-corrected chi connectivity index (χ4v) is 3.30. The molecule has 0 heterocycles. The monoisotopic (exact) mass is 269 g/mol. The third-order valence-electron chi connectivity index (χ3n) is 4.31. The van der Waals surface area contributed by atoms with E-state index in [9.17, 15) is 9.59 Å². The summed E-state index contributed by atoms with van der Waals surface area (Å²) >= 11 is 0. The molecule has 1 amide bonds. The van der Waals surface area contributed by atoms with E-state index >= 15 is 0 Å². The van der Waals surface area contributed by atoms with Gasteiger partial charge in [-0.3, -0.25) is 9.59 Å².